The summed E-state index contributed by atoms with van der Waals surface area (Å²) in [6.07, 6.45) is 2.56. The van der Waals surface area contributed by atoms with Crippen LogP contribution in [0.3, 0.4) is 0 Å². The van der Waals surface area contributed by atoms with Gasteiger partial charge >= 0.3 is 0 Å². The normalized spacial score (nSPS) is 13.6. The van der Waals surface area contributed by atoms with E-state index >= 15 is 0 Å². The average molecular weight is 281 g/mol. The van der Waals surface area contributed by atoms with Crippen LogP contribution in [0.4, 0.5) is 0 Å². The Hall–Kier alpha value is -1.86. The van der Waals surface area contributed by atoms with E-state index < -0.39 is 16.1 Å². The van der Waals surface area contributed by atoms with E-state index in [-0.39, 0.29) is 10.8 Å². The zero-order valence-corrected chi connectivity index (χ0v) is 11.4. The largest absolute Gasteiger partial charge is 0.508 e. The fourth-order valence-electron chi connectivity index (χ4n) is 1.78. The number of aromatic amines is 1. The molecule has 6 nitrogen and oxygen atoms in total. The summed E-state index contributed by atoms with van der Waals surface area (Å²) < 4.78 is 25.8. The first-order chi connectivity index (χ1) is 8.94. The first kappa shape index (κ1) is 13.6. The highest BCUT2D eigenvalue weighted by Crippen LogP contribution is 2.30. The lowest BCUT2D eigenvalue weighted by molar-refractivity contribution is 0.380. The highest BCUT2D eigenvalue weighted by molar-refractivity contribution is 7.89. The van der Waals surface area contributed by atoms with Gasteiger partial charge in [0.2, 0.25) is 0 Å². The summed E-state index contributed by atoms with van der Waals surface area (Å²) in [6.45, 7) is 1.71. The number of sulfonamides is 1. The molecular formula is C12H15N3O3S. The number of phenols is 1. The fraction of sp³-hybridized carbons (Fsp3) is 0.250. The minimum Gasteiger partial charge on any atom is -0.508 e. The Bertz CT molecular complexity index is 653. The molecule has 1 heterocycles. The number of nitrogens with zero attached hydrogens (tertiary/aromatic N) is 2. The van der Waals surface area contributed by atoms with Gasteiger partial charge in [0.05, 0.1) is 18.6 Å². The molecule has 19 heavy (non-hydrogen) atoms. The molecule has 0 saturated carbocycles. The average Bonchev–Trinajstić information content (AvgIpc) is 2.92. The van der Waals surface area contributed by atoms with Gasteiger partial charge in [-0.05, 0) is 13.0 Å². The number of rotatable bonds is 4. The van der Waals surface area contributed by atoms with E-state index in [0.29, 0.717) is 5.56 Å². The van der Waals surface area contributed by atoms with Crippen LogP contribution in [0.25, 0.3) is 0 Å². The molecule has 1 unspecified atom stereocenters. The quantitative estimate of drug-likeness (QED) is 0.889. The number of H-pyrrole nitrogens is 1. The van der Waals surface area contributed by atoms with Crippen molar-refractivity contribution in [3.63, 3.8) is 0 Å². The van der Waals surface area contributed by atoms with Crippen LogP contribution in [0.2, 0.25) is 0 Å². The molecule has 1 atom stereocenters. The molecule has 0 spiro atoms. The van der Waals surface area contributed by atoms with Crippen molar-refractivity contribution in [2.45, 2.75) is 18.0 Å². The molecule has 0 fully saturated rings. The predicted octanol–water partition coefficient (Wildman–Crippen LogP) is 1.50. The Labute approximate surface area is 111 Å². The molecule has 102 valence electrons. The van der Waals surface area contributed by atoms with Crippen molar-refractivity contribution in [1.29, 1.82) is 0 Å². The van der Waals surface area contributed by atoms with E-state index in [0.717, 1.165) is 0 Å². The number of nitrogens with one attached hydrogen (secondary N) is 1. The topological polar surface area (TPSA) is 86.3 Å². The third kappa shape index (κ3) is 2.47. The summed E-state index contributed by atoms with van der Waals surface area (Å²) in [6, 6.07) is 6.17. The molecule has 0 bridgehead atoms. The van der Waals surface area contributed by atoms with E-state index in [9.17, 15) is 13.5 Å². The van der Waals surface area contributed by atoms with Crippen molar-refractivity contribution in [3.8, 4) is 5.75 Å². The molecule has 0 aliphatic carbocycles. The number of para-hydroxylation sites is 1. The fourth-order valence-corrected chi connectivity index (χ4v) is 3.02. The van der Waals surface area contributed by atoms with Crippen molar-refractivity contribution in [3.05, 3.63) is 42.4 Å². The lowest BCUT2D eigenvalue weighted by Crippen LogP contribution is -2.30. The van der Waals surface area contributed by atoms with E-state index in [1.807, 2.05) is 0 Å². The summed E-state index contributed by atoms with van der Waals surface area (Å²) in [5, 5.41) is 9.81. The van der Waals surface area contributed by atoms with Gasteiger partial charge in [-0.3, -0.25) is 0 Å². The van der Waals surface area contributed by atoms with Crippen LogP contribution in [-0.4, -0.2) is 34.8 Å². The second-order valence-electron chi connectivity index (χ2n) is 4.17. The van der Waals surface area contributed by atoms with Crippen LogP contribution in [0.5, 0.6) is 5.75 Å². The van der Waals surface area contributed by atoms with Crippen LogP contribution in [0, 0.1) is 0 Å². The van der Waals surface area contributed by atoms with Crippen molar-refractivity contribution in [2.75, 3.05) is 7.05 Å². The van der Waals surface area contributed by atoms with Gasteiger partial charge in [-0.2, -0.15) is 4.31 Å². The van der Waals surface area contributed by atoms with Gasteiger partial charge in [0.1, 0.15) is 5.75 Å². The Morgan fingerprint density at radius 3 is 2.63 bits per heavy atom. The summed E-state index contributed by atoms with van der Waals surface area (Å²) in [5.74, 6) is 0.0710. The third-order valence-corrected chi connectivity index (χ3v) is 4.92. The SMILES string of the molecule is CC(c1ccccc1O)N(C)S(=O)(=O)c1cnc[nH]1. The number of phenolic OH excluding ortho intramolecular Hbond substituents is 1. The third-order valence-electron chi connectivity index (χ3n) is 3.06. The summed E-state index contributed by atoms with van der Waals surface area (Å²) in [7, 11) is -2.19. The van der Waals surface area contributed by atoms with Crippen molar-refractivity contribution in [1.82, 2.24) is 14.3 Å². The number of benzene rings is 1. The molecule has 7 heteroatoms. The van der Waals surface area contributed by atoms with Gasteiger partial charge in [0.15, 0.2) is 5.03 Å². The van der Waals surface area contributed by atoms with Crippen LogP contribution in [0.15, 0.2) is 41.8 Å². The molecule has 0 amide bonds. The van der Waals surface area contributed by atoms with Gasteiger partial charge in [-0.25, -0.2) is 13.4 Å². The van der Waals surface area contributed by atoms with Crippen molar-refractivity contribution in [2.24, 2.45) is 0 Å². The Morgan fingerprint density at radius 2 is 2.05 bits per heavy atom. The zero-order valence-electron chi connectivity index (χ0n) is 10.6. The van der Waals surface area contributed by atoms with Gasteiger partial charge in [0, 0.05) is 12.6 Å². The molecule has 0 aliphatic rings. The lowest BCUT2D eigenvalue weighted by Gasteiger charge is -2.24. The maximum Gasteiger partial charge on any atom is 0.260 e. The monoisotopic (exact) mass is 281 g/mol. The van der Waals surface area contributed by atoms with Crippen molar-refractivity contribution >= 4 is 10.0 Å². The highest BCUT2D eigenvalue weighted by atomic mass is 32.2. The number of imidazole rings is 1. The molecule has 0 aliphatic heterocycles. The highest BCUT2D eigenvalue weighted by Gasteiger charge is 2.28. The number of hydrogen-bond donors (Lipinski definition) is 2. The predicted molar refractivity (Wildman–Crippen MR) is 70.1 cm³/mol. The summed E-state index contributed by atoms with van der Waals surface area (Å²) >= 11 is 0. The van der Waals surface area contributed by atoms with E-state index in [1.54, 1.807) is 25.1 Å². The standard InChI is InChI=1S/C12H15N3O3S/c1-9(10-5-3-4-6-11(10)16)15(2)19(17,18)12-7-13-8-14-12/h3-9,16H,1-2H3,(H,13,14). The lowest BCUT2D eigenvalue weighted by atomic mass is 10.1. The maximum absolute atomic E-state index is 12.3. The smallest absolute Gasteiger partial charge is 0.260 e. The van der Waals surface area contributed by atoms with Crippen LogP contribution >= 0.6 is 0 Å². The van der Waals surface area contributed by atoms with Gasteiger partial charge in [-0.15, -0.1) is 0 Å². The molecular weight excluding hydrogens is 266 g/mol. The van der Waals surface area contributed by atoms with Crippen LogP contribution in [0.1, 0.15) is 18.5 Å². The zero-order chi connectivity index (χ0) is 14.0. The minimum absolute atomic E-state index is 0.0253. The molecule has 0 radical (unpaired) electrons. The van der Waals surface area contributed by atoms with E-state index in [1.165, 1.54) is 29.9 Å². The van der Waals surface area contributed by atoms with Gasteiger partial charge in [-0.1, -0.05) is 18.2 Å². The van der Waals surface area contributed by atoms with Crippen LogP contribution in [-0.2, 0) is 10.0 Å². The Kier molecular flexibility index (Phi) is 3.59. The van der Waals surface area contributed by atoms with Gasteiger partial charge < -0.3 is 10.1 Å². The first-order valence-corrected chi connectivity index (χ1v) is 7.13. The molecule has 2 aromatic rings. The molecule has 1 aromatic carbocycles. The number of aromatic nitrogens is 2. The second kappa shape index (κ2) is 5.02. The number of aromatic hydroxyl groups is 1. The Morgan fingerprint density at radius 1 is 1.37 bits per heavy atom. The first-order valence-electron chi connectivity index (χ1n) is 5.69. The summed E-state index contributed by atoms with van der Waals surface area (Å²) in [4.78, 5) is 6.29. The maximum atomic E-state index is 12.3. The molecule has 1 aromatic heterocycles. The van der Waals surface area contributed by atoms with E-state index in [4.69, 9.17) is 0 Å². The summed E-state index contributed by atoms with van der Waals surface area (Å²) in [5.41, 5.74) is 0.549. The van der Waals surface area contributed by atoms with Crippen LogP contribution < -0.4 is 0 Å². The molecule has 0 saturated heterocycles. The molecule has 2 rings (SSSR count). The van der Waals surface area contributed by atoms with Crippen molar-refractivity contribution < 1.29 is 13.5 Å². The second-order valence-corrected chi connectivity index (χ2v) is 6.14. The Balaban J connectivity index is 2.35. The molecule has 2 N–H and O–H groups in total. The number of hydrogen-bond acceptors (Lipinski definition) is 4. The van der Waals surface area contributed by atoms with E-state index in [2.05, 4.69) is 9.97 Å². The minimum atomic E-state index is -3.66. The van der Waals surface area contributed by atoms with Gasteiger partial charge in [0.25, 0.3) is 10.0 Å².